The average molecular weight is 444 g/mol. The van der Waals surface area contributed by atoms with Gasteiger partial charge >= 0.3 is 0 Å². The maximum Gasteiger partial charge on any atom is 0.146 e. The van der Waals surface area contributed by atoms with E-state index >= 15 is 0 Å². The zero-order valence-corrected chi connectivity index (χ0v) is 17.4. The summed E-state index contributed by atoms with van der Waals surface area (Å²) in [6.45, 7) is 1.79. The van der Waals surface area contributed by atoms with Gasteiger partial charge in [-0.2, -0.15) is 10.4 Å². The Morgan fingerprint density at radius 1 is 1.24 bits per heavy atom. The van der Waals surface area contributed by atoms with E-state index in [1.807, 2.05) is 0 Å². The molecule has 2 heterocycles. The largest absolute Gasteiger partial charge is 0.383 e. The maximum atomic E-state index is 14.3. The number of halogens is 2. The fraction of sp³-hybridized carbons (Fsp3) is 0.0870. The number of allylic oxidation sites excluding steroid dienone is 1. The maximum absolute atomic E-state index is 14.3. The first kappa shape index (κ1) is 21.6. The average Bonchev–Trinajstić information content (AvgIpc) is 3.21. The van der Waals surface area contributed by atoms with E-state index in [-0.39, 0.29) is 22.8 Å². The summed E-state index contributed by atoms with van der Waals surface area (Å²) in [7, 11) is 0. The Labute approximate surface area is 187 Å². The number of anilines is 2. The highest BCUT2D eigenvalue weighted by Crippen LogP contribution is 2.36. The molecule has 0 aliphatic rings. The van der Waals surface area contributed by atoms with E-state index < -0.39 is 17.7 Å². The number of hydrogen-bond acceptors (Lipinski definition) is 7. The van der Waals surface area contributed by atoms with Crippen molar-refractivity contribution in [3.05, 3.63) is 84.1 Å². The number of rotatable bonds is 6. The van der Waals surface area contributed by atoms with E-state index in [4.69, 9.17) is 16.5 Å². The molecule has 4 rings (SSSR count). The van der Waals surface area contributed by atoms with Crippen LogP contribution < -0.4 is 11.1 Å². The summed E-state index contributed by atoms with van der Waals surface area (Å²) in [4.78, 5) is 8.38. The molecule has 2 aromatic heterocycles. The Balaban J connectivity index is 1.81. The third-order valence-electron chi connectivity index (χ3n) is 5.26. The van der Waals surface area contributed by atoms with E-state index in [1.165, 1.54) is 30.7 Å². The van der Waals surface area contributed by atoms with Crippen LogP contribution in [0.5, 0.6) is 0 Å². The van der Waals surface area contributed by atoms with Gasteiger partial charge in [-0.25, -0.2) is 24.3 Å². The Morgan fingerprint density at radius 3 is 2.73 bits per heavy atom. The molecule has 10 heteroatoms. The van der Waals surface area contributed by atoms with Crippen LogP contribution in [-0.2, 0) is 0 Å². The van der Waals surface area contributed by atoms with E-state index in [0.29, 0.717) is 22.2 Å². The van der Waals surface area contributed by atoms with Gasteiger partial charge in [0.05, 0.1) is 22.7 Å². The Bertz CT molecular complexity index is 1430. The molecule has 1 atom stereocenters. The lowest BCUT2D eigenvalue weighted by Crippen LogP contribution is -2.08. The fourth-order valence-electron chi connectivity index (χ4n) is 3.51. The van der Waals surface area contributed by atoms with Gasteiger partial charge in [-0.15, -0.1) is 0 Å². The van der Waals surface area contributed by atoms with Crippen LogP contribution in [0.25, 0.3) is 22.2 Å². The summed E-state index contributed by atoms with van der Waals surface area (Å²) < 4.78 is 30.0. The van der Waals surface area contributed by atoms with Crippen LogP contribution in [0.3, 0.4) is 0 Å². The van der Waals surface area contributed by atoms with Gasteiger partial charge in [-0.3, -0.25) is 0 Å². The normalized spacial score (nSPS) is 12.4. The summed E-state index contributed by atoms with van der Waals surface area (Å²) in [5, 5.41) is 15.9. The summed E-state index contributed by atoms with van der Waals surface area (Å²) in [6, 6.07) is 11.7. The van der Waals surface area contributed by atoms with Crippen LogP contribution in [0, 0.1) is 28.5 Å². The van der Waals surface area contributed by atoms with E-state index in [0.717, 1.165) is 0 Å². The molecule has 0 radical (unpaired) electrons. The summed E-state index contributed by atoms with van der Waals surface area (Å²) in [6.07, 6.45) is 4.46. The van der Waals surface area contributed by atoms with Crippen LogP contribution in [-0.4, -0.2) is 14.5 Å². The smallest absolute Gasteiger partial charge is 0.146 e. The minimum absolute atomic E-state index is 0.0717. The van der Waals surface area contributed by atoms with Gasteiger partial charge in [-0.05, 0) is 36.8 Å². The van der Waals surface area contributed by atoms with Gasteiger partial charge in [-0.1, -0.05) is 18.2 Å². The van der Waals surface area contributed by atoms with Crippen molar-refractivity contribution in [2.24, 2.45) is 5.11 Å². The zero-order chi connectivity index (χ0) is 23.5. The molecule has 0 saturated carbocycles. The Kier molecular flexibility index (Phi) is 5.78. The zero-order valence-electron chi connectivity index (χ0n) is 17.4. The number of nitrogen functional groups attached to an aromatic ring is 1. The van der Waals surface area contributed by atoms with Crippen molar-refractivity contribution in [2.75, 3.05) is 11.1 Å². The molecular formula is C23H18F2N8. The summed E-state index contributed by atoms with van der Waals surface area (Å²) >= 11 is 0. The van der Waals surface area contributed by atoms with Crippen LogP contribution in [0.1, 0.15) is 18.5 Å². The van der Waals surface area contributed by atoms with Crippen molar-refractivity contribution < 1.29 is 8.78 Å². The van der Waals surface area contributed by atoms with Gasteiger partial charge < -0.3 is 15.6 Å². The number of nitrogens with one attached hydrogen (secondary N) is 2. The molecule has 33 heavy (non-hydrogen) atoms. The molecule has 0 amide bonds. The predicted octanol–water partition coefficient (Wildman–Crippen LogP) is 5.38. The highest BCUT2D eigenvalue weighted by atomic mass is 19.1. The quantitative estimate of drug-likeness (QED) is 0.344. The molecule has 4 aromatic rings. The van der Waals surface area contributed by atoms with E-state index in [1.54, 1.807) is 48.0 Å². The highest BCUT2D eigenvalue weighted by Gasteiger charge is 2.21. The SMILES string of the molecule is CC(/C(=C/Nc1ccccc1F)N=N)n1cc(-c2ccc(C#N)c(F)c2)c2c(N)ncnc21. The number of aromatic nitrogens is 3. The third-order valence-corrected chi connectivity index (χ3v) is 5.26. The van der Waals surface area contributed by atoms with Crippen molar-refractivity contribution in [1.29, 1.82) is 10.8 Å². The number of benzene rings is 2. The van der Waals surface area contributed by atoms with Crippen LogP contribution >= 0.6 is 0 Å². The lowest BCUT2D eigenvalue weighted by Gasteiger charge is -2.15. The fourth-order valence-corrected chi connectivity index (χ4v) is 3.51. The summed E-state index contributed by atoms with van der Waals surface area (Å²) in [5.41, 5.74) is 15.7. The first-order chi connectivity index (χ1) is 15.9. The lowest BCUT2D eigenvalue weighted by molar-refractivity contribution is 0.622. The van der Waals surface area contributed by atoms with Crippen LogP contribution in [0.4, 0.5) is 20.3 Å². The third kappa shape index (κ3) is 3.99. The molecule has 8 nitrogen and oxygen atoms in total. The van der Waals surface area contributed by atoms with Crippen molar-refractivity contribution in [3.8, 4) is 17.2 Å². The number of para-hydroxylation sites is 1. The molecule has 0 aliphatic heterocycles. The first-order valence-electron chi connectivity index (χ1n) is 9.84. The molecule has 0 saturated heterocycles. The molecule has 0 bridgehead atoms. The van der Waals surface area contributed by atoms with Crippen molar-refractivity contribution in [2.45, 2.75) is 13.0 Å². The number of nitriles is 1. The molecular weight excluding hydrogens is 426 g/mol. The number of hydrogen-bond donors (Lipinski definition) is 3. The second kappa shape index (κ2) is 8.84. The molecule has 4 N–H and O–H groups in total. The van der Waals surface area contributed by atoms with Gasteiger partial charge in [0.25, 0.3) is 0 Å². The van der Waals surface area contributed by atoms with Gasteiger partial charge in [0, 0.05) is 18.0 Å². The molecule has 1 unspecified atom stereocenters. The van der Waals surface area contributed by atoms with Crippen molar-refractivity contribution in [3.63, 3.8) is 0 Å². The standard InChI is InChI=1S/C23H18F2N8/c1-13(20(32-28)10-29-19-5-3-2-4-17(19)24)33-11-16(21-22(27)30-12-31-23(21)33)14-6-7-15(9-26)18(25)8-14/h2-8,10-13,28-29H,1H3,(H2,27,30,31)/b20-10-,32-28?. The molecule has 164 valence electrons. The summed E-state index contributed by atoms with van der Waals surface area (Å²) in [5.74, 6) is -0.901. The van der Waals surface area contributed by atoms with Gasteiger partial charge in [0.15, 0.2) is 0 Å². The van der Waals surface area contributed by atoms with E-state index in [2.05, 4.69) is 20.4 Å². The van der Waals surface area contributed by atoms with Gasteiger partial charge in [0.2, 0.25) is 0 Å². The van der Waals surface area contributed by atoms with Crippen LogP contribution in [0.15, 0.2) is 72.0 Å². The minimum atomic E-state index is -0.657. The Morgan fingerprint density at radius 2 is 2.03 bits per heavy atom. The van der Waals surface area contributed by atoms with Crippen molar-refractivity contribution >= 4 is 22.5 Å². The number of nitrogens with two attached hydrogens (primary N) is 1. The highest BCUT2D eigenvalue weighted by molar-refractivity contribution is 6.00. The lowest BCUT2D eigenvalue weighted by atomic mass is 10.0. The predicted molar refractivity (Wildman–Crippen MR) is 120 cm³/mol. The second-order valence-electron chi connectivity index (χ2n) is 7.20. The topological polar surface area (TPSA) is 129 Å². The second-order valence-corrected chi connectivity index (χ2v) is 7.20. The minimum Gasteiger partial charge on any atom is -0.383 e. The number of fused-ring (bicyclic) bond motifs is 1. The number of nitrogens with zero attached hydrogens (tertiary/aromatic N) is 5. The monoisotopic (exact) mass is 444 g/mol. The van der Waals surface area contributed by atoms with E-state index in [9.17, 15) is 8.78 Å². The van der Waals surface area contributed by atoms with Crippen molar-refractivity contribution in [1.82, 2.24) is 14.5 Å². The Hall–Kier alpha value is -4.65. The first-order valence-corrected chi connectivity index (χ1v) is 9.84. The molecule has 2 aromatic carbocycles. The molecule has 0 fully saturated rings. The molecule has 0 aliphatic carbocycles. The van der Waals surface area contributed by atoms with Gasteiger partial charge in [0.1, 0.15) is 41.2 Å². The van der Waals surface area contributed by atoms with Crippen LogP contribution in [0.2, 0.25) is 0 Å². The molecule has 0 spiro atoms.